The van der Waals surface area contributed by atoms with Gasteiger partial charge in [-0.25, -0.2) is 0 Å². The predicted octanol–water partition coefficient (Wildman–Crippen LogP) is 1.50. The van der Waals surface area contributed by atoms with Crippen molar-refractivity contribution in [2.75, 3.05) is 40.4 Å². The Kier molecular flexibility index (Phi) is 5.59. The van der Waals surface area contributed by atoms with Gasteiger partial charge in [0.1, 0.15) is 0 Å². The van der Waals surface area contributed by atoms with Crippen molar-refractivity contribution in [3.8, 4) is 0 Å². The molecule has 1 aliphatic heterocycles. The average Bonchev–Trinajstić information content (AvgIpc) is 2.39. The monoisotopic (exact) mass is 258 g/mol. The van der Waals surface area contributed by atoms with Gasteiger partial charge in [-0.15, -0.1) is 0 Å². The molecule has 1 saturated heterocycles. The average molecular weight is 258 g/mol. The first-order chi connectivity index (χ1) is 8.23. The van der Waals surface area contributed by atoms with Crippen LogP contribution in [0.5, 0.6) is 0 Å². The van der Waals surface area contributed by atoms with Gasteiger partial charge in [-0.3, -0.25) is 0 Å². The number of likely N-dealkylation sites (N-methyl/N-ethyl adjacent to an activating group) is 1. The second-order valence-corrected chi connectivity index (χ2v) is 6.59. The van der Waals surface area contributed by atoms with Crippen molar-refractivity contribution < 1.29 is 9.47 Å². The molecule has 0 aromatic rings. The van der Waals surface area contributed by atoms with Gasteiger partial charge in [-0.05, 0) is 48.2 Å². The van der Waals surface area contributed by atoms with Crippen molar-refractivity contribution in [3.05, 3.63) is 0 Å². The van der Waals surface area contributed by atoms with Gasteiger partial charge >= 0.3 is 0 Å². The first-order valence-electron chi connectivity index (χ1n) is 6.89. The zero-order valence-corrected chi connectivity index (χ0v) is 12.9. The van der Waals surface area contributed by atoms with E-state index in [0.29, 0.717) is 6.04 Å². The van der Waals surface area contributed by atoms with Gasteiger partial charge in [0.2, 0.25) is 0 Å². The molecule has 0 bridgehead atoms. The molecule has 4 heteroatoms. The normalized spacial score (nSPS) is 25.8. The minimum absolute atomic E-state index is 0.0209. The van der Waals surface area contributed by atoms with Gasteiger partial charge in [0.25, 0.3) is 0 Å². The lowest BCUT2D eigenvalue weighted by atomic mass is 9.94. The summed E-state index contributed by atoms with van der Waals surface area (Å²) in [5.74, 6) is 0. The Morgan fingerprint density at radius 3 is 2.39 bits per heavy atom. The molecule has 1 aliphatic rings. The standard InChI is InChI=1S/C14H30N2O2/c1-13(2)11-12(14(3,4)18-13)15-7-9-17-10-8-16(5)6/h12,15H,7-11H2,1-6H3. The fourth-order valence-electron chi connectivity index (χ4n) is 2.53. The van der Waals surface area contributed by atoms with Crippen LogP contribution in [0.1, 0.15) is 34.1 Å². The van der Waals surface area contributed by atoms with Gasteiger partial charge in [0.15, 0.2) is 0 Å². The number of rotatable bonds is 7. The highest BCUT2D eigenvalue weighted by atomic mass is 16.5. The third kappa shape index (κ3) is 5.22. The van der Waals surface area contributed by atoms with Crippen LogP contribution in [0.15, 0.2) is 0 Å². The Morgan fingerprint density at radius 2 is 1.89 bits per heavy atom. The molecule has 0 aliphatic carbocycles. The van der Waals surface area contributed by atoms with E-state index in [9.17, 15) is 0 Å². The van der Waals surface area contributed by atoms with E-state index >= 15 is 0 Å². The third-order valence-electron chi connectivity index (χ3n) is 3.39. The first kappa shape index (κ1) is 15.9. The van der Waals surface area contributed by atoms with Gasteiger partial charge < -0.3 is 19.7 Å². The highest BCUT2D eigenvalue weighted by molar-refractivity contribution is 4.98. The molecule has 1 heterocycles. The lowest BCUT2D eigenvalue weighted by Gasteiger charge is -2.27. The second-order valence-electron chi connectivity index (χ2n) is 6.59. The van der Waals surface area contributed by atoms with Crippen LogP contribution < -0.4 is 5.32 Å². The zero-order chi connectivity index (χ0) is 13.8. The zero-order valence-electron chi connectivity index (χ0n) is 12.9. The molecule has 0 amide bonds. The highest BCUT2D eigenvalue weighted by Gasteiger charge is 2.45. The summed E-state index contributed by atoms with van der Waals surface area (Å²) < 4.78 is 11.6. The molecule has 0 aromatic heterocycles. The summed E-state index contributed by atoms with van der Waals surface area (Å²) in [5.41, 5.74) is -0.111. The largest absolute Gasteiger partial charge is 0.379 e. The minimum atomic E-state index is -0.0901. The first-order valence-corrected chi connectivity index (χ1v) is 6.89. The topological polar surface area (TPSA) is 33.7 Å². The van der Waals surface area contributed by atoms with E-state index < -0.39 is 0 Å². The summed E-state index contributed by atoms with van der Waals surface area (Å²) in [6, 6.07) is 0.407. The van der Waals surface area contributed by atoms with E-state index in [1.807, 2.05) is 0 Å². The molecule has 1 N–H and O–H groups in total. The summed E-state index contributed by atoms with van der Waals surface area (Å²) in [6.07, 6.45) is 1.05. The summed E-state index contributed by atoms with van der Waals surface area (Å²) in [7, 11) is 4.12. The molecule has 1 fully saturated rings. The quantitative estimate of drug-likeness (QED) is 0.702. The van der Waals surface area contributed by atoms with E-state index in [-0.39, 0.29) is 11.2 Å². The molecule has 0 radical (unpaired) electrons. The van der Waals surface area contributed by atoms with Crippen LogP contribution in [0, 0.1) is 0 Å². The maximum absolute atomic E-state index is 6.05. The molecule has 18 heavy (non-hydrogen) atoms. The third-order valence-corrected chi connectivity index (χ3v) is 3.39. The van der Waals surface area contributed by atoms with Gasteiger partial charge in [-0.2, -0.15) is 0 Å². The van der Waals surface area contributed by atoms with E-state index in [2.05, 4.69) is 52.0 Å². The number of hydrogen-bond donors (Lipinski definition) is 1. The van der Waals surface area contributed by atoms with Crippen LogP contribution in [0.2, 0.25) is 0 Å². The number of nitrogens with zero attached hydrogens (tertiary/aromatic N) is 1. The van der Waals surface area contributed by atoms with Crippen molar-refractivity contribution in [1.82, 2.24) is 10.2 Å². The van der Waals surface area contributed by atoms with Crippen molar-refractivity contribution in [3.63, 3.8) is 0 Å². The van der Waals surface area contributed by atoms with E-state index in [1.54, 1.807) is 0 Å². The van der Waals surface area contributed by atoms with E-state index in [1.165, 1.54) is 0 Å². The van der Waals surface area contributed by atoms with Gasteiger partial charge in [0.05, 0.1) is 24.4 Å². The predicted molar refractivity (Wildman–Crippen MR) is 75.0 cm³/mol. The lowest BCUT2D eigenvalue weighted by Crippen LogP contribution is -2.44. The minimum Gasteiger partial charge on any atom is -0.379 e. The molecule has 0 saturated carbocycles. The van der Waals surface area contributed by atoms with Crippen LogP contribution in [-0.2, 0) is 9.47 Å². The molecule has 1 unspecified atom stereocenters. The number of nitrogens with one attached hydrogen (secondary N) is 1. The molecule has 0 aromatic carbocycles. The lowest BCUT2D eigenvalue weighted by molar-refractivity contribution is -0.0700. The fraction of sp³-hybridized carbons (Fsp3) is 1.00. The van der Waals surface area contributed by atoms with E-state index in [0.717, 1.165) is 32.7 Å². The molecule has 1 rings (SSSR count). The van der Waals surface area contributed by atoms with Gasteiger partial charge in [0, 0.05) is 19.1 Å². The SMILES string of the molecule is CN(C)CCOCCNC1CC(C)(C)OC1(C)C. The Morgan fingerprint density at radius 1 is 1.22 bits per heavy atom. The van der Waals surface area contributed by atoms with Crippen LogP contribution in [0.4, 0.5) is 0 Å². The van der Waals surface area contributed by atoms with Crippen LogP contribution in [-0.4, -0.2) is 62.5 Å². The molecular formula is C14H30N2O2. The molecular weight excluding hydrogens is 228 g/mol. The summed E-state index contributed by atoms with van der Waals surface area (Å²) >= 11 is 0. The number of ether oxygens (including phenoxy) is 2. The Hall–Kier alpha value is -0.160. The van der Waals surface area contributed by atoms with Crippen LogP contribution in [0.3, 0.4) is 0 Å². The van der Waals surface area contributed by atoms with Crippen molar-refractivity contribution >= 4 is 0 Å². The van der Waals surface area contributed by atoms with Crippen LogP contribution >= 0.6 is 0 Å². The van der Waals surface area contributed by atoms with E-state index in [4.69, 9.17) is 9.47 Å². The second kappa shape index (κ2) is 6.33. The fourth-order valence-corrected chi connectivity index (χ4v) is 2.53. The maximum atomic E-state index is 6.05. The Balaban J connectivity index is 2.16. The van der Waals surface area contributed by atoms with Gasteiger partial charge in [-0.1, -0.05) is 0 Å². The van der Waals surface area contributed by atoms with Crippen molar-refractivity contribution in [2.45, 2.75) is 51.4 Å². The highest BCUT2D eigenvalue weighted by Crippen LogP contribution is 2.36. The Labute approximate surface area is 112 Å². The smallest absolute Gasteiger partial charge is 0.0787 e. The maximum Gasteiger partial charge on any atom is 0.0787 e. The van der Waals surface area contributed by atoms with Crippen molar-refractivity contribution in [2.24, 2.45) is 0 Å². The Bertz CT molecular complexity index is 252. The molecule has 4 nitrogen and oxygen atoms in total. The number of hydrogen-bond acceptors (Lipinski definition) is 4. The summed E-state index contributed by atoms with van der Waals surface area (Å²) in [4.78, 5) is 2.13. The van der Waals surface area contributed by atoms with Crippen molar-refractivity contribution in [1.29, 1.82) is 0 Å². The molecule has 1 atom stereocenters. The summed E-state index contributed by atoms with van der Waals surface area (Å²) in [6.45, 7) is 12.1. The van der Waals surface area contributed by atoms with Crippen LogP contribution in [0.25, 0.3) is 0 Å². The molecule has 108 valence electrons. The molecule has 0 spiro atoms. The summed E-state index contributed by atoms with van der Waals surface area (Å²) in [5, 5.41) is 3.55.